The van der Waals surface area contributed by atoms with Crippen molar-refractivity contribution in [2.24, 2.45) is 16.6 Å². The molecule has 1 amide bonds. The molecule has 0 atom stereocenters. The number of nitrogens with one attached hydrogen (secondary N) is 2. The average molecular weight is 376 g/mol. The number of hydrogen-bond donors (Lipinski definition) is 3. The number of nitrogens with two attached hydrogens (primary N) is 1. The second-order valence-corrected chi connectivity index (χ2v) is 7.78. The second-order valence-electron chi connectivity index (χ2n) is 7.78. The first kappa shape index (κ1) is 19.7. The molecule has 4 N–H and O–H groups in total. The predicted octanol–water partition coefficient (Wildman–Crippen LogP) is 2.09. The molecule has 1 saturated heterocycles. The smallest absolute Gasteiger partial charge is 0.284 e. The fourth-order valence-electron chi connectivity index (χ4n) is 4.16. The number of carbonyl (C=O) groups is 1. The minimum atomic E-state index is -0.552. The van der Waals surface area contributed by atoms with Crippen LogP contribution in [0.25, 0.3) is 0 Å². The van der Waals surface area contributed by atoms with Crippen LogP contribution in [-0.4, -0.2) is 49.5 Å². The SMILES string of the molecule is CN=C(NCc1ccc(C(N)=O)o1)NC1CCN(CC2CCCCC2)CC1. The van der Waals surface area contributed by atoms with Gasteiger partial charge in [0.1, 0.15) is 5.76 Å². The van der Waals surface area contributed by atoms with Crippen LogP contribution in [0.4, 0.5) is 0 Å². The lowest BCUT2D eigenvalue weighted by molar-refractivity contribution is 0.0972. The highest BCUT2D eigenvalue weighted by Gasteiger charge is 2.23. The number of hydrogen-bond acceptors (Lipinski definition) is 4. The van der Waals surface area contributed by atoms with Crippen molar-refractivity contribution < 1.29 is 9.21 Å². The van der Waals surface area contributed by atoms with Gasteiger partial charge in [-0.05, 0) is 43.7 Å². The molecule has 3 rings (SSSR count). The summed E-state index contributed by atoms with van der Waals surface area (Å²) in [4.78, 5) is 18.0. The summed E-state index contributed by atoms with van der Waals surface area (Å²) >= 11 is 0. The number of aliphatic imine (C=N–C) groups is 1. The van der Waals surface area contributed by atoms with E-state index in [2.05, 4.69) is 20.5 Å². The van der Waals surface area contributed by atoms with E-state index in [0.717, 1.165) is 37.8 Å². The van der Waals surface area contributed by atoms with E-state index in [1.54, 1.807) is 19.2 Å². The third kappa shape index (κ3) is 5.99. The second kappa shape index (κ2) is 9.78. The van der Waals surface area contributed by atoms with E-state index >= 15 is 0 Å². The summed E-state index contributed by atoms with van der Waals surface area (Å²) in [7, 11) is 1.77. The maximum Gasteiger partial charge on any atom is 0.284 e. The Bertz CT molecular complexity index is 628. The van der Waals surface area contributed by atoms with E-state index in [1.807, 2.05) is 0 Å². The van der Waals surface area contributed by atoms with Crippen LogP contribution in [0.5, 0.6) is 0 Å². The summed E-state index contributed by atoms with van der Waals surface area (Å²) in [6.45, 7) is 4.06. The number of guanidine groups is 1. The van der Waals surface area contributed by atoms with E-state index in [4.69, 9.17) is 10.2 Å². The maximum absolute atomic E-state index is 11.1. The summed E-state index contributed by atoms with van der Waals surface area (Å²) in [5.74, 6) is 1.96. The molecule has 0 spiro atoms. The minimum Gasteiger partial charge on any atom is -0.454 e. The fraction of sp³-hybridized carbons (Fsp3) is 0.700. The number of amides is 1. The molecule has 2 aliphatic rings. The Morgan fingerprint density at radius 3 is 2.59 bits per heavy atom. The van der Waals surface area contributed by atoms with Gasteiger partial charge in [0.25, 0.3) is 5.91 Å². The lowest BCUT2D eigenvalue weighted by Gasteiger charge is -2.36. The molecule has 0 bridgehead atoms. The van der Waals surface area contributed by atoms with Crippen molar-refractivity contribution >= 4 is 11.9 Å². The van der Waals surface area contributed by atoms with Crippen LogP contribution in [0.15, 0.2) is 21.5 Å². The molecule has 27 heavy (non-hydrogen) atoms. The molecule has 150 valence electrons. The van der Waals surface area contributed by atoms with E-state index < -0.39 is 5.91 Å². The van der Waals surface area contributed by atoms with Crippen LogP contribution >= 0.6 is 0 Å². The van der Waals surface area contributed by atoms with Gasteiger partial charge in [-0.3, -0.25) is 9.79 Å². The lowest BCUT2D eigenvalue weighted by Crippen LogP contribution is -2.49. The molecule has 1 saturated carbocycles. The molecule has 2 heterocycles. The van der Waals surface area contributed by atoms with Crippen LogP contribution in [0.1, 0.15) is 61.3 Å². The number of furan rings is 1. The standard InChI is InChI=1S/C20H33N5O2/c1-22-20(23-13-17-7-8-18(27-17)19(21)26)24-16-9-11-25(12-10-16)14-15-5-3-2-4-6-15/h7-8,15-16H,2-6,9-14H2,1H3,(H2,21,26)(H2,22,23,24). The third-order valence-corrected chi connectivity index (χ3v) is 5.73. The van der Waals surface area contributed by atoms with Crippen molar-refractivity contribution in [1.82, 2.24) is 15.5 Å². The number of likely N-dealkylation sites (tertiary alicyclic amines) is 1. The van der Waals surface area contributed by atoms with Crippen molar-refractivity contribution in [2.75, 3.05) is 26.7 Å². The molecule has 1 aliphatic heterocycles. The Morgan fingerprint density at radius 2 is 1.96 bits per heavy atom. The summed E-state index contributed by atoms with van der Waals surface area (Å²) < 4.78 is 5.39. The molecule has 1 aromatic heterocycles. The Morgan fingerprint density at radius 1 is 1.22 bits per heavy atom. The molecule has 7 nitrogen and oxygen atoms in total. The molecule has 0 aromatic carbocycles. The zero-order valence-corrected chi connectivity index (χ0v) is 16.4. The fourth-order valence-corrected chi connectivity index (χ4v) is 4.16. The zero-order valence-electron chi connectivity index (χ0n) is 16.4. The average Bonchev–Trinajstić information content (AvgIpc) is 3.17. The highest BCUT2D eigenvalue weighted by molar-refractivity contribution is 5.89. The molecule has 1 aliphatic carbocycles. The van der Waals surface area contributed by atoms with Gasteiger partial charge in [0.15, 0.2) is 11.7 Å². The van der Waals surface area contributed by atoms with E-state index in [1.165, 1.54) is 38.6 Å². The topological polar surface area (TPSA) is 95.9 Å². The van der Waals surface area contributed by atoms with Crippen LogP contribution in [-0.2, 0) is 6.54 Å². The van der Waals surface area contributed by atoms with Gasteiger partial charge in [0.2, 0.25) is 0 Å². The minimum absolute atomic E-state index is 0.181. The highest BCUT2D eigenvalue weighted by atomic mass is 16.3. The van der Waals surface area contributed by atoms with E-state index in [9.17, 15) is 4.79 Å². The van der Waals surface area contributed by atoms with Crippen LogP contribution in [0.3, 0.4) is 0 Å². The summed E-state index contributed by atoms with van der Waals surface area (Å²) in [6.07, 6.45) is 9.37. The van der Waals surface area contributed by atoms with E-state index in [-0.39, 0.29) is 5.76 Å². The van der Waals surface area contributed by atoms with Crippen LogP contribution in [0, 0.1) is 5.92 Å². The van der Waals surface area contributed by atoms with Gasteiger partial charge >= 0.3 is 0 Å². The summed E-state index contributed by atoms with van der Waals surface area (Å²) in [5.41, 5.74) is 5.21. The van der Waals surface area contributed by atoms with Crippen LogP contribution < -0.4 is 16.4 Å². The van der Waals surface area contributed by atoms with Gasteiger partial charge in [-0.25, -0.2) is 0 Å². The molecule has 7 heteroatoms. The Balaban J connectivity index is 1.38. The number of carbonyl (C=O) groups excluding carboxylic acids is 1. The normalized spacial score (nSPS) is 20.6. The van der Waals surface area contributed by atoms with Crippen molar-refractivity contribution in [3.63, 3.8) is 0 Å². The van der Waals surface area contributed by atoms with Crippen molar-refractivity contribution in [1.29, 1.82) is 0 Å². The maximum atomic E-state index is 11.1. The third-order valence-electron chi connectivity index (χ3n) is 5.73. The molecule has 0 unspecified atom stereocenters. The van der Waals surface area contributed by atoms with Gasteiger partial charge in [0.05, 0.1) is 6.54 Å². The van der Waals surface area contributed by atoms with Gasteiger partial charge in [0, 0.05) is 32.7 Å². The van der Waals surface area contributed by atoms with Gasteiger partial charge in [-0.15, -0.1) is 0 Å². The highest BCUT2D eigenvalue weighted by Crippen LogP contribution is 2.25. The van der Waals surface area contributed by atoms with Gasteiger partial charge in [-0.1, -0.05) is 19.3 Å². The first-order valence-electron chi connectivity index (χ1n) is 10.2. The number of nitrogens with zero attached hydrogens (tertiary/aromatic N) is 2. The largest absolute Gasteiger partial charge is 0.454 e. The Kier molecular flexibility index (Phi) is 7.15. The molecule has 1 aromatic rings. The number of rotatable bonds is 6. The lowest BCUT2D eigenvalue weighted by atomic mass is 9.88. The number of primary amides is 1. The number of piperidine rings is 1. The Labute approximate surface area is 161 Å². The van der Waals surface area contributed by atoms with Crippen LogP contribution in [0.2, 0.25) is 0 Å². The summed E-state index contributed by atoms with van der Waals surface area (Å²) in [6, 6.07) is 3.79. The molecular weight excluding hydrogens is 342 g/mol. The summed E-state index contributed by atoms with van der Waals surface area (Å²) in [5, 5.41) is 6.75. The Hall–Kier alpha value is -2.02. The van der Waals surface area contributed by atoms with Gasteiger partial charge < -0.3 is 25.7 Å². The van der Waals surface area contributed by atoms with Gasteiger partial charge in [-0.2, -0.15) is 0 Å². The first-order chi connectivity index (χ1) is 13.1. The van der Waals surface area contributed by atoms with Crippen molar-refractivity contribution in [2.45, 2.75) is 57.5 Å². The molecular formula is C20H33N5O2. The quantitative estimate of drug-likeness (QED) is 0.523. The predicted molar refractivity (Wildman–Crippen MR) is 107 cm³/mol. The first-order valence-corrected chi connectivity index (χ1v) is 10.2. The van der Waals surface area contributed by atoms with Crippen molar-refractivity contribution in [3.05, 3.63) is 23.7 Å². The van der Waals surface area contributed by atoms with Crippen molar-refractivity contribution in [3.8, 4) is 0 Å². The van der Waals surface area contributed by atoms with E-state index in [0.29, 0.717) is 18.3 Å². The zero-order chi connectivity index (χ0) is 19.1. The molecule has 2 fully saturated rings. The monoisotopic (exact) mass is 375 g/mol. The molecule has 0 radical (unpaired) electrons.